The second-order valence-corrected chi connectivity index (χ2v) is 7.50. The Morgan fingerprint density at radius 1 is 1.28 bits per heavy atom. The van der Waals surface area contributed by atoms with Gasteiger partial charge in [-0.1, -0.05) is 0 Å². The smallest absolute Gasteiger partial charge is 0.219 e. The zero-order chi connectivity index (χ0) is 13.0. The predicted octanol–water partition coefficient (Wildman–Crippen LogP) is 0.427. The molecular weight excluding hydrogens is 252 g/mol. The zero-order valence-electron chi connectivity index (χ0n) is 11.1. The van der Waals surface area contributed by atoms with Crippen molar-refractivity contribution in [3.63, 3.8) is 0 Å². The molecule has 2 aliphatic heterocycles. The maximum Gasteiger partial charge on any atom is 0.219 e. The van der Waals surface area contributed by atoms with Gasteiger partial charge in [0.15, 0.2) is 0 Å². The highest BCUT2D eigenvalue weighted by molar-refractivity contribution is 7.89. The summed E-state index contributed by atoms with van der Waals surface area (Å²) < 4.78 is 31.9. The molecular formula is C12H24N2O3S. The number of rotatable bonds is 4. The van der Waals surface area contributed by atoms with Crippen LogP contribution in [0, 0.1) is 5.92 Å². The summed E-state index contributed by atoms with van der Waals surface area (Å²) in [6.45, 7) is 3.41. The molecule has 1 atom stereocenters. The van der Waals surface area contributed by atoms with Gasteiger partial charge in [0.05, 0.1) is 11.9 Å². The molecule has 0 amide bonds. The molecule has 5 nitrogen and oxygen atoms in total. The molecule has 0 bridgehead atoms. The minimum absolute atomic E-state index is 0.313. The largest absolute Gasteiger partial charge is 0.380 e. The van der Waals surface area contributed by atoms with Crippen molar-refractivity contribution in [1.82, 2.24) is 9.62 Å². The van der Waals surface area contributed by atoms with Gasteiger partial charge < -0.3 is 10.1 Å². The minimum Gasteiger partial charge on any atom is -0.380 e. The number of hydrogen-bond donors (Lipinski definition) is 1. The van der Waals surface area contributed by atoms with Gasteiger partial charge in [-0.25, -0.2) is 12.7 Å². The lowest BCUT2D eigenvalue weighted by Crippen LogP contribution is -2.46. The van der Waals surface area contributed by atoms with E-state index in [0.29, 0.717) is 32.2 Å². The average Bonchev–Trinajstić information content (AvgIpc) is 2.41. The van der Waals surface area contributed by atoms with Crippen molar-refractivity contribution in [1.29, 1.82) is 0 Å². The maximum atomic E-state index is 12.4. The first-order chi connectivity index (χ1) is 8.64. The van der Waals surface area contributed by atoms with Crippen molar-refractivity contribution in [2.24, 2.45) is 5.92 Å². The van der Waals surface area contributed by atoms with Gasteiger partial charge in [0, 0.05) is 19.7 Å². The van der Waals surface area contributed by atoms with Gasteiger partial charge in [-0.2, -0.15) is 0 Å². The highest BCUT2D eigenvalue weighted by Gasteiger charge is 2.35. The normalized spacial score (nSPS) is 28.4. The highest BCUT2D eigenvalue weighted by atomic mass is 32.2. The monoisotopic (exact) mass is 276 g/mol. The Balaban J connectivity index is 1.91. The van der Waals surface area contributed by atoms with Crippen molar-refractivity contribution in [2.75, 3.05) is 39.9 Å². The molecule has 0 aliphatic carbocycles. The molecule has 2 rings (SSSR count). The van der Waals surface area contributed by atoms with E-state index >= 15 is 0 Å². The van der Waals surface area contributed by atoms with E-state index in [1.54, 1.807) is 4.31 Å². The fourth-order valence-electron chi connectivity index (χ4n) is 2.81. The molecule has 0 unspecified atom stereocenters. The van der Waals surface area contributed by atoms with E-state index in [2.05, 4.69) is 5.32 Å². The number of piperidine rings is 1. The lowest BCUT2D eigenvalue weighted by molar-refractivity contribution is 0.0968. The summed E-state index contributed by atoms with van der Waals surface area (Å²) in [5, 5.41) is 2.85. The van der Waals surface area contributed by atoms with E-state index in [1.807, 2.05) is 7.05 Å². The number of nitrogens with zero attached hydrogens (tertiary/aromatic N) is 1. The fraction of sp³-hybridized carbons (Fsp3) is 1.00. The third-order valence-electron chi connectivity index (χ3n) is 3.97. The predicted molar refractivity (Wildman–Crippen MR) is 71.0 cm³/mol. The molecule has 18 heavy (non-hydrogen) atoms. The first-order valence-electron chi connectivity index (χ1n) is 6.86. The third kappa shape index (κ3) is 3.23. The molecule has 0 spiro atoms. The molecule has 2 aliphatic rings. The van der Waals surface area contributed by atoms with Gasteiger partial charge in [0.2, 0.25) is 10.0 Å². The Morgan fingerprint density at radius 3 is 2.56 bits per heavy atom. The molecule has 2 saturated heterocycles. The van der Waals surface area contributed by atoms with Crippen molar-refractivity contribution in [2.45, 2.75) is 30.9 Å². The molecule has 106 valence electrons. The van der Waals surface area contributed by atoms with Crippen LogP contribution >= 0.6 is 0 Å². The highest BCUT2D eigenvalue weighted by Crippen LogP contribution is 2.24. The standard InChI is InChI=1S/C12H24N2O3S/c1-13-9-11-4-6-14(7-5-11)18(15,16)12-3-2-8-17-10-12/h11-13H,2-10H2,1H3/t12-/m0/s1. The van der Waals surface area contributed by atoms with Crippen LogP contribution in [0.25, 0.3) is 0 Å². The molecule has 1 N–H and O–H groups in total. The molecule has 0 aromatic carbocycles. The Labute approximate surface area is 110 Å². The van der Waals surface area contributed by atoms with Gasteiger partial charge in [-0.05, 0) is 45.2 Å². The van der Waals surface area contributed by atoms with E-state index < -0.39 is 10.0 Å². The van der Waals surface area contributed by atoms with Crippen LogP contribution in [0.2, 0.25) is 0 Å². The number of hydrogen-bond acceptors (Lipinski definition) is 4. The van der Waals surface area contributed by atoms with Crippen molar-refractivity contribution >= 4 is 10.0 Å². The van der Waals surface area contributed by atoms with Crippen LogP contribution in [-0.2, 0) is 14.8 Å². The molecule has 6 heteroatoms. The number of sulfonamides is 1. The first kappa shape index (κ1) is 14.2. The fourth-order valence-corrected chi connectivity index (χ4v) is 4.69. The first-order valence-corrected chi connectivity index (χ1v) is 8.36. The lowest BCUT2D eigenvalue weighted by atomic mass is 9.98. The summed E-state index contributed by atoms with van der Waals surface area (Å²) in [6, 6.07) is 0. The number of nitrogens with one attached hydrogen (secondary N) is 1. The number of ether oxygens (including phenoxy) is 1. The van der Waals surface area contributed by atoms with E-state index in [9.17, 15) is 8.42 Å². The Morgan fingerprint density at radius 2 is 2.00 bits per heavy atom. The van der Waals surface area contributed by atoms with E-state index in [0.717, 1.165) is 32.2 Å². The van der Waals surface area contributed by atoms with Crippen LogP contribution in [0.1, 0.15) is 25.7 Å². The summed E-state index contributed by atoms with van der Waals surface area (Å²) in [5.41, 5.74) is 0. The summed E-state index contributed by atoms with van der Waals surface area (Å²) in [4.78, 5) is 0. The van der Waals surface area contributed by atoms with Crippen molar-refractivity contribution in [3.05, 3.63) is 0 Å². The molecule has 0 saturated carbocycles. The van der Waals surface area contributed by atoms with Gasteiger partial charge in [0.1, 0.15) is 0 Å². The summed E-state index contributed by atoms with van der Waals surface area (Å²) >= 11 is 0. The lowest BCUT2D eigenvalue weighted by Gasteiger charge is -2.34. The summed E-state index contributed by atoms with van der Waals surface area (Å²) in [7, 11) is -1.19. The quantitative estimate of drug-likeness (QED) is 0.809. The zero-order valence-corrected chi connectivity index (χ0v) is 11.9. The summed E-state index contributed by atoms with van der Waals surface area (Å²) in [6.07, 6.45) is 3.54. The van der Waals surface area contributed by atoms with Gasteiger partial charge in [-0.3, -0.25) is 0 Å². The molecule has 0 aromatic rings. The average molecular weight is 276 g/mol. The Hall–Kier alpha value is -0.170. The maximum absolute atomic E-state index is 12.4. The Bertz CT molecular complexity index is 344. The molecule has 0 aromatic heterocycles. The van der Waals surface area contributed by atoms with Crippen LogP contribution in [0.5, 0.6) is 0 Å². The molecule has 2 heterocycles. The van der Waals surface area contributed by atoms with E-state index in [4.69, 9.17) is 4.74 Å². The van der Waals surface area contributed by atoms with Gasteiger partial charge in [0.25, 0.3) is 0 Å². The Kier molecular flexibility index (Phi) is 5.00. The second kappa shape index (κ2) is 6.32. The van der Waals surface area contributed by atoms with Crippen molar-refractivity contribution < 1.29 is 13.2 Å². The van der Waals surface area contributed by atoms with Crippen LogP contribution in [0.4, 0.5) is 0 Å². The third-order valence-corrected chi connectivity index (χ3v) is 6.27. The van der Waals surface area contributed by atoms with Crippen LogP contribution in [-0.4, -0.2) is 57.9 Å². The van der Waals surface area contributed by atoms with Crippen LogP contribution in [0.3, 0.4) is 0 Å². The SMILES string of the molecule is CNCC1CCN(S(=O)(=O)[C@H]2CCCOC2)CC1. The van der Waals surface area contributed by atoms with Crippen LogP contribution in [0.15, 0.2) is 0 Å². The second-order valence-electron chi connectivity index (χ2n) is 5.28. The van der Waals surface area contributed by atoms with Gasteiger partial charge >= 0.3 is 0 Å². The van der Waals surface area contributed by atoms with E-state index in [-0.39, 0.29) is 5.25 Å². The van der Waals surface area contributed by atoms with Gasteiger partial charge in [-0.15, -0.1) is 0 Å². The molecule has 0 radical (unpaired) electrons. The van der Waals surface area contributed by atoms with Crippen molar-refractivity contribution in [3.8, 4) is 0 Å². The minimum atomic E-state index is -3.14. The molecule has 2 fully saturated rings. The summed E-state index contributed by atoms with van der Waals surface area (Å²) in [5.74, 6) is 0.615. The van der Waals surface area contributed by atoms with Crippen LogP contribution < -0.4 is 5.32 Å². The topological polar surface area (TPSA) is 58.6 Å². The van der Waals surface area contributed by atoms with E-state index in [1.165, 1.54) is 0 Å².